The van der Waals surface area contributed by atoms with Gasteiger partial charge in [0.1, 0.15) is 5.75 Å². The van der Waals surface area contributed by atoms with Crippen LogP contribution in [0, 0.1) is 6.92 Å². The molecule has 0 spiro atoms. The summed E-state index contributed by atoms with van der Waals surface area (Å²) in [5.41, 5.74) is 1.29. The zero-order chi connectivity index (χ0) is 22.8. The predicted molar refractivity (Wildman–Crippen MR) is 125 cm³/mol. The molecule has 0 heterocycles. The molecular weight excluding hydrogens is 528 g/mol. The van der Waals surface area contributed by atoms with Crippen molar-refractivity contribution in [2.45, 2.75) is 16.7 Å². The SMILES string of the molecule is COc1ccc(S(=O)(=O)Nc2ccc(S(=O)(=O)Nc3cc(Cl)ccc3C)cc2)cc1Br. The van der Waals surface area contributed by atoms with E-state index < -0.39 is 20.0 Å². The van der Waals surface area contributed by atoms with E-state index in [0.29, 0.717) is 26.5 Å². The van der Waals surface area contributed by atoms with E-state index in [1.165, 1.54) is 55.6 Å². The van der Waals surface area contributed by atoms with Crippen molar-refractivity contribution in [1.82, 2.24) is 0 Å². The van der Waals surface area contributed by atoms with Gasteiger partial charge in [-0.2, -0.15) is 0 Å². The van der Waals surface area contributed by atoms with Gasteiger partial charge in [-0.25, -0.2) is 16.8 Å². The van der Waals surface area contributed by atoms with Crippen LogP contribution in [0.1, 0.15) is 5.56 Å². The van der Waals surface area contributed by atoms with E-state index in [1.54, 1.807) is 19.1 Å². The Kier molecular flexibility index (Phi) is 6.85. The average molecular weight is 546 g/mol. The normalized spacial score (nSPS) is 11.7. The fraction of sp³-hybridized carbons (Fsp3) is 0.100. The van der Waals surface area contributed by atoms with Gasteiger partial charge >= 0.3 is 0 Å². The maximum absolute atomic E-state index is 12.7. The topological polar surface area (TPSA) is 102 Å². The third-order valence-electron chi connectivity index (χ3n) is 4.29. The lowest BCUT2D eigenvalue weighted by Crippen LogP contribution is -2.15. The molecule has 0 aromatic heterocycles. The van der Waals surface area contributed by atoms with E-state index in [1.807, 2.05) is 0 Å². The fourth-order valence-corrected chi connectivity index (χ4v) is 5.71. The summed E-state index contributed by atoms with van der Waals surface area (Å²) in [5, 5.41) is 0.401. The van der Waals surface area contributed by atoms with Crippen molar-refractivity contribution in [3.8, 4) is 5.75 Å². The minimum Gasteiger partial charge on any atom is -0.496 e. The first-order valence-electron chi connectivity index (χ1n) is 8.77. The van der Waals surface area contributed by atoms with Crippen LogP contribution in [0.2, 0.25) is 5.02 Å². The summed E-state index contributed by atoms with van der Waals surface area (Å²) < 4.78 is 61.1. The highest BCUT2D eigenvalue weighted by Crippen LogP contribution is 2.29. The molecule has 0 bridgehead atoms. The lowest BCUT2D eigenvalue weighted by Gasteiger charge is -2.12. The van der Waals surface area contributed by atoms with E-state index in [2.05, 4.69) is 25.4 Å². The first-order chi connectivity index (χ1) is 14.5. The molecule has 0 atom stereocenters. The summed E-state index contributed by atoms with van der Waals surface area (Å²) in [4.78, 5) is -0.00279. The van der Waals surface area contributed by atoms with Crippen LogP contribution in [0.5, 0.6) is 5.75 Å². The highest BCUT2D eigenvalue weighted by molar-refractivity contribution is 9.10. The second-order valence-corrected chi connectivity index (χ2v) is 11.1. The molecule has 0 amide bonds. The molecule has 0 unspecified atom stereocenters. The van der Waals surface area contributed by atoms with Crippen LogP contribution in [0.25, 0.3) is 0 Å². The number of rotatable bonds is 7. The maximum atomic E-state index is 12.7. The Morgan fingerprint density at radius 2 is 1.45 bits per heavy atom. The van der Waals surface area contributed by atoms with E-state index >= 15 is 0 Å². The van der Waals surface area contributed by atoms with Gasteiger partial charge < -0.3 is 4.74 Å². The molecule has 0 saturated carbocycles. The molecule has 0 aliphatic heterocycles. The third-order valence-corrected chi connectivity index (χ3v) is 7.91. The number of sulfonamides is 2. The molecule has 0 saturated heterocycles. The van der Waals surface area contributed by atoms with Gasteiger partial charge in [0.2, 0.25) is 0 Å². The molecule has 3 rings (SSSR count). The van der Waals surface area contributed by atoms with E-state index in [0.717, 1.165) is 0 Å². The number of nitrogens with one attached hydrogen (secondary N) is 2. The highest BCUT2D eigenvalue weighted by Gasteiger charge is 2.18. The molecule has 11 heteroatoms. The van der Waals surface area contributed by atoms with Crippen molar-refractivity contribution in [2.24, 2.45) is 0 Å². The fourth-order valence-electron chi connectivity index (χ4n) is 2.64. The standard InChI is InChI=1S/C20H18BrClN2O5S2/c1-13-3-4-14(22)11-19(13)24-30(25,26)16-7-5-15(6-8-16)23-31(27,28)17-9-10-20(29-2)18(21)12-17/h3-12,23-24H,1-2H3. The first-order valence-corrected chi connectivity index (χ1v) is 12.9. The molecule has 0 aliphatic carbocycles. The predicted octanol–water partition coefficient (Wildman–Crippen LogP) is 5.02. The third kappa shape index (κ3) is 5.51. The van der Waals surface area contributed by atoms with Gasteiger partial charge in [-0.1, -0.05) is 17.7 Å². The number of halogens is 2. The van der Waals surface area contributed by atoms with Crippen LogP contribution in [-0.2, 0) is 20.0 Å². The largest absolute Gasteiger partial charge is 0.496 e. The molecule has 0 fully saturated rings. The van der Waals surface area contributed by atoms with Gasteiger partial charge in [0.15, 0.2) is 0 Å². The number of ether oxygens (including phenoxy) is 1. The number of hydrogen-bond donors (Lipinski definition) is 2. The number of anilines is 2. The first kappa shape index (κ1) is 23.4. The monoisotopic (exact) mass is 544 g/mol. The summed E-state index contributed by atoms with van der Waals surface area (Å²) in [6, 6.07) is 14.6. The average Bonchev–Trinajstić information content (AvgIpc) is 2.70. The Labute approximate surface area is 194 Å². The smallest absolute Gasteiger partial charge is 0.261 e. The summed E-state index contributed by atoms with van der Waals surface area (Å²) in [6.07, 6.45) is 0. The lowest BCUT2D eigenvalue weighted by molar-refractivity contribution is 0.411. The highest BCUT2D eigenvalue weighted by atomic mass is 79.9. The van der Waals surface area contributed by atoms with Crippen LogP contribution < -0.4 is 14.2 Å². The molecule has 0 radical (unpaired) electrons. The molecule has 0 aliphatic rings. The van der Waals surface area contributed by atoms with Crippen molar-refractivity contribution in [3.05, 3.63) is 75.7 Å². The minimum atomic E-state index is -3.88. The Bertz CT molecular complexity index is 1330. The van der Waals surface area contributed by atoms with Gasteiger partial charge in [0.05, 0.1) is 27.1 Å². The van der Waals surface area contributed by atoms with Crippen molar-refractivity contribution >= 4 is 59.0 Å². The molecule has 164 valence electrons. The molecule has 2 N–H and O–H groups in total. The molecular formula is C20H18BrClN2O5S2. The summed E-state index contributed by atoms with van der Waals surface area (Å²) in [6.45, 7) is 1.75. The number of benzene rings is 3. The molecule has 3 aromatic rings. The van der Waals surface area contributed by atoms with Gasteiger partial charge in [-0.15, -0.1) is 0 Å². The van der Waals surface area contributed by atoms with Crippen LogP contribution in [0.3, 0.4) is 0 Å². The van der Waals surface area contributed by atoms with E-state index in [-0.39, 0.29) is 15.5 Å². The number of aryl methyl sites for hydroxylation is 1. The second kappa shape index (κ2) is 9.07. The van der Waals surface area contributed by atoms with Crippen LogP contribution in [0.15, 0.2) is 74.9 Å². The van der Waals surface area contributed by atoms with Crippen molar-refractivity contribution in [1.29, 1.82) is 0 Å². The van der Waals surface area contributed by atoms with Crippen LogP contribution in [-0.4, -0.2) is 23.9 Å². The summed E-state index contributed by atoms with van der Waals surface area (Å²) in [5.74, 6) is 0.496. The van der Waals surface area contributed by atoms with E-state index in [4.69, 9.17) is 16.3 Å². The lowest BCUT2D eigenvalue weighted by atomic mass is 10.2. The van der Waals surface area contributed by atoms with Gasteiger partial charge in [0, 0.05) is 10.7 Å². The Morgan fingerprint density at radius 1 is 0.839 bits per heavy atom. The number of methoxy groups -OCH3 is 1. The zero-order valence-electron chi connectivity index (χ0n) is 16.4. The Balaban J connectivity index is 1.81. The van der Waals surface area contributed by atoms with Crippen molar-refractivity contribution < 1.29 is 21.6 Å². The van der Waals surface area contributed by atoms with Crippen molar-refractivity contribution in [3.63, 3.8) is 0 Å². The van der Waals surface area contributed by atoms with Crippen molar-refractivity contribution in [2.75, 3.05) is 16.6 Å². The number of hydrogen-bond acceptors (Lipinski definition) is 5. The quantitative estimate of drug-likeness (QED) is 0.434. The summed E-state index contributed by atoms with van der Waals surface area (Å²) >= 11 is 9.20. The minimum absolute atomic E-state index is 0.0231. The van der Waals surface area contributed by atoms with Gasteiger partial charge in [-0.3, -0.25) is 9.44 Å². The van der Waals surface area contributed by atoms with Gasteiger partial charge in [-0.05, 0) is 83.0 Å². The van der Waals surface area contributed by atoms with Crippen LogP contribution >= 0.6 is 27.5 Å². The van der Waals surface area contributed by atoms with Gasteiger partial charge in [0.25, 0.3) is 20.0 Å². The van der Waals surface area contributed by atoms with E-state index in [9.17, 15) is 16.8 Å². The maximum Gasteiger partial charge on any atom is 0.261 e. The molecule has 31 heavy (non-hydrogen) atoms. The van der Waals surface area contributed by atoms with Crippen LogP contribution in [0.4, 0.5) is 11.4 Å². The molecule has 7 nitrogen and oxygen atoms in total. The Hall–Kier alpha value is -2.27. The zero-order valence-corrected chi connectivity index (χ0v) is 20.4. The molecule has 3 aromatic carbocycles. The summed E-state index contributed by atoms with van der Waals surface area (Å²) in [7, 11) is -6.29. The Morgan fingerprint density at radius 3 is 2.06 bits per heavy atom. The second-order valence-electron chi connectivity index (χ2n) is 6.49.